The van der Waals surface area contributed by atoms with Gasteiger partial charge in [0.2, 0.25) is 0 Å². The van der Waals surface area contributed by atoms with E-state index in [4.69, 9.17) is 4.74 Å². The van der Waals surface area contributed by atoms with Crippen molar-refractivity contribution >= 4 is 16.7 Å². The average molecular weight is 341 g/mol. The number of nitrogens with one attached hydrogen (secondary N) is 1. The predicted molar refractivity (Wildman–Crippen MR) is 94.6 cm³/mol. The predicted octanol–water partition coefficient (Wildman–Crippen LogP) is 3.36. The SMILES string of the molecule is CC1(Oc2ccc3[nH]nc(-c4cc(N5CC(F)C5)ncn4)c3c2)CC1.[HH]. The minimum atomic E-state index is -0.770. The minimum absolute atomic E-state index is 0. The fraction of sp³-hybridized carbons (Fsp3) is 0.389. The summed E-state index contributed by atoms with van der Waals surface area (Å²) in [5.74, 6) is 1.57. The molecule has 6 nitrogen and oxygen atoms in total. The summed E-state index contributed by atoms with van der Waals surface area (Å²) in [6, 6.07) is 7.79. The third kappa shape index (κ3) is 2.59. The van der Waals surface area contributed by atoms with Gasteiger partial charge in [0.15, 0.2) is 0 Å². The lowest BCUT2D eigenvalue weighted by molar-refractivity contribution is 0.200. The Morgan fingerprint density at radius 1 is 1.28 bits per heavy atom. The van der Waals surface area contributed by atoms with E-state index >= 15 is 0 Å². The monoisotopic (exact) mass is 341 g/mol. The fourth-order valence-corrected chi connectivity index (χ4v) is 3.08. The first-order valence-electron chi connectivity index (χ1n) is 8.48. The van der Waals surface area contributed by atoms with Crippen LogP contribution in [0.2, 0.25) is 0 Å². The lowest BCUT2D eigenvalue weighted by Gasteiger charge is -2.35. The van der Waals surface area contributed by atoms with E-state index in [1.165, 1.54) is 6.33 Å². The van der Waals surface area contributed by atoms with E-state index in [1.807, 2.05) is 29.2 Å². The molecule has 1 saturated carbocycles. The molecule has 1 aliphatic heterocycles. The molecule has 130 valence electrons. The number of nitrogens with zero attached hydrogens (tertiary/aromatic N) is 4. The molecular weight excluding hydrogens is 321 g/mol. The number of aromatic amines is 1. The topological polar surface area (TPSA) is 66.9 Å². The van der Waals surface area contributed by atoms with E-state index in [-0.39, 0.29) is 7.03 Å². The lowest BCUT2D eigenvalue weighted by Crippen LogP contribution is -2.48. The molecular formula is C18H20FN5O. The highest BCUT2D eigenvalue weighted by atomic mass is 19.1. The van der Waals surface area contributed by atoms with Gasteiger partial charge in [-0.05, 0) is 38.0 Å². The molecule has 3 heterocycles. The molecule has 0 radical (unpaired) electrons. The van der Waals surface area contributed by atoms with Crippen molar-refractivity contribution in [3.8, 4) is 17.1 Å². The first kappa shape index (κ1) is 14.6. The van der Waals surface area contributed by atoms with Gasteiger partial charge in [0.1, 0.15) is 35.4 Å². The second-order valence-electron chi connectivity index (χ2n) is 7.10. The van der Waals surface area contributed by atoms with Crippen LogP contribution in [0.3, 0.4) is 0 Å². The molecule has 0 atom stereocenters. The molecule has 2 aliphatic rings. The van der Waals surface area contributed by atoms with Crippen LogP contribution in [-0.2, 0) is 0 Å². The van der Waals surface area contributed by atoms with Crippen LogP contribution in [0, 0.1) is 0 Å². The number of benzene rings is 1. The summed E-state index contributed by atoms with van der Waals surface area (Å²) in [5, 5.41) is 8.41. The number of aromatic nitrogens is 4. The Labute approximate surface area is 145 Å². The maximum atomic E-state index is 13.1. The Bertz CT molecular complexity index is 952. The molecule has 2 fully saturated rings. The molecule has 1 aliphatic carbocycles. The van der Waals surface area contributed by atoms with Gasteiger partial charge in [-0.2, -0.15) is 5.10 Å². The smallest absolute Gasteiger partial charge is 0.135 e. The fourth-order valence-electron chi connectivity index (χ4n) is 3.08. The van der Waals surface area contributed by atoms with Crippen molar-refractivity contribution in [2.24, 2.45) is 0 Å². The average Bonchev–Trinajstić information content (AvgIpc) is 3.16. The first-order valence-corrected chi connectivity index (χ1v) is 8.48. The number of rotatable bonds is 4. The zero-order chi connectivity index (χ0) is 17.0. The van der Waals surface area contributed by atoms with E-state index in [2.05, 4.69) is 27.1 Å². The van der Waals surface area contributed by atoms with Crippen LogP contribution >= 0.6 is 0 Å². The second-order valence-corrected chi connectivity index (χ2v) is 7.10. The highest BCUT2D eigenvalue weighted by Crippen LogP contribution is 2.40. The Kier molecular flexibility index (Phi) is 3.01. The third-order valence-corrected chi connectivity index (χ3v) is 4.91. The van der Waals surface area contributed by atoms with Gasteiger partial charge in [-0.25, -0.2) is 14.4 Å². The molecule has 25 heavy (non-hydrogen) atoms. The maximum Gasteiger partial charge on any atom is 0.135 e. The number of fused-ring (bicyclic) bond motifs is 1. The number of alkyl halides is 1. The minimum Gasteiger partial charge on any atom is -0.488 e. The quantitative estimate of drug-likeness (QED) is 0.788. The van der Waals surface area contributed by atoms with E-state index in [9.17, 15) is 4.39 Å². The molecule has 0 spiro atoms. The van der Waals surface area contributed by atoms with Gasteiger partial charge in [0, 0.05) is 12.9 Å². The number of ether oxygens (including phenoxy) is 1. The van der Waals surface area contributed by atoms with Crippen molar-refractivity contribution in [3.05, 3.63) is 30.6 Å². The highest BCUT2D eigenvalue weighted by Gasteiger charge is 2.40. The van der Waals surface area contributed by atoms with Crippen LogP contribution in [0.1, 0.15) is 21.2 Å². The lowest BCUT2D eigenvalue weighted by atomic mass is 10.1. The van der Waals surface area contributed by atoms with Crippen molar-refractivity contribution in [2.75, 3.05) is 18.0 Å². The molecule has 7 heteroatoms. The van der Waals surface area contributed by atoms with Crippen LogP contribution in [-0.4, -0.2) is 45.0 Å². The second kappa shape index (κ2) is 5.15. The zero-order valence-corrected chi connectivity index (χ0v) is 13.9. The summed E-state index contributed by atoms with van der Waals surface area (Å²) in [6.45, 7) is 2.89. The van der Waals surface area contributed by atoms with Gasteiger partial charge < -0.3 is 9.64 Å². The van der Waals surface area contributed by atoms with E-state index in [1.54, 1.807) is 0 Å². The normalized spacial score (nSPS) is 19.0. The van der Waals surface area contributed by atoms with Gasteiger partial charge in [0.05, 0.1) is 24.3 Å². The molecule has 1 N–H and O–H groups in total. The molecule has 3 aromatic rings. The summed E-state index contributed by atoms with van der Waals surface area (Å²) in [4.78, 5) is 10.5. The largest absolute Gasteiger partial charge is 0.488 e. The Morgan fingerprint density at radius 2 is 2.12 bits per heavy atom. The van der Waals surface area contributed by atoms with Crippen molar-refractivity contribution in [1.82, 2.24) is 20.2 Å². The summed E-state index contributed by atoms with van der Waals surface area (Å²) in [6.07, 6.45) is 2.91. The molecule has 0 unspecified atom stereocenters. The van der Waals surface area contributed by atoms with E-state index in [0.29, 0.717) is 18.8 Å². The standard InChI is InChI=1S/C18H18FN5O.H2/c1-18(4-5-18)25-12-2-3-14-13(6-12)17(23-22-14)15-7-16(21-10-20-15)24-8-11(19)9-24;/h2-3,6-7,10-11H,4-5,8-9H2,1H3,(H,22,23);1H. The van der Waals surface area contributed by atoms with Gasteiger partial charge in [-0.3, -0.25) is 5.10 Å². The van der Waals surface area contributed by atoms with E-state index < -0.39 is 6.17 Å². The molecule has 1 saturated heterocycles. The van der Waals surface area contributed by atoms with Gasteiger partial charge in [-0.15, -0.1) is 0 Å². The molecule has 5 rings (SSSR count). The number of hydrogen-bond donors (Lipinski definition) is 1. The summed E-state index contributed by atoms with van der Waals surface area (Å²) in [5.41, 5.74) is 2.37. The molecule has 0 amide bonds. The van der Waals surface area contributed by atoms with Gasteiger partial charge >= 0.3 is 0 Å². The van der Waals surface area contributed by atoms with E-state index in [0.717, 1.165) is 41.0 Å². The molecule has 1 aromatic carbocycles. The first-order chi connectivity index (χ1) is 12.1. The Balaban J connectivity index is 0.00000168. The van der Waals surface area contributed by atoms with Crippen LogP contribution in [0.5, 0.6) is 5.75 Å². The summed E-state index contributed by atoms with van der Waals surface area (Å²) in [7, 11) is 0. The third-order valence-electron chi connectivity index (χ3n) is 4.91. The molecule has 0 bridgehead atoms. The van der Waals surface area contributed by atoms with Crippen molar-refractivity contribution in [3.63, 3.8) is 0 Å². The highest BCUT2D eigenvalue weighted by molar-refractivity contribution is 5.93. The Hall–Kier alpha value is -2.70. The number of hydrogen-bond acceptors (Lipinski definition) is 5. The summed E-state index contributed by atoms with van der Waals surface area (Å²) < 4.78 is 19.2. The number of H-pyrrole nitrogens is 1. The molecule has 2 aromatic heterocycles. The van der Waals surface area contributed by atoms with Crippen LogP contribution in [0.4, 0.5) is 10.2 Å². The van der Waals surface area contributed by atoms with Crippen molar-refractivity contribution in [1.29, 1.82) is 0 Å². The summed E-state index contributed by atoms with van der Waals surface area (Å²) >= 11 is 0. The van der Waals surface area contributed by atoms with Crippen LogP contribution in [0.15, 0.2) is 30.6 Å². The Morgan fingerprint density at radius 3 is 2.88 bits per heavy atom. The number of anilines is 1. The van der Waals surface area contributed by atoms with Gasteiger partial charge in [0.25, 0.3) is 0 Å². The number of halogens is 1. The maximum absolute atomic E-state index is 13.1. The van der Waals surface area contributed by atoms with Crippen LogP contribution < -0.4 is 9.64 Å². The van der Waals surface area contributed by atoms with Crippen molar-refractivity contribution in [2.45, 2.75) is 31.5 Å². The van der Waals surface area contributed by atoms with Gasteiger partial charge in [-0.1, -0.05) is 0 Å². The van der Waals surface area contributed by atoms with Crippen molar-refractivity contribution < 1.29 is 10.6 Å². The zero-order valence-electron chi connectivity index (χ0n) is 13.9. The van der Waals surface area contributed by atoms with Crippen LogP contribution in [0.25, 0.3) is 22.3 Å².